The van der Waals surface area contributed by atoms with Gasteiger partial charge in [-0.05, 0) is 10.4 Å². The van der Waals surface area contributed by atoms with Gasteiger partial charge in [0.2, 0.25) is 0 Å². The van der Waals surface area contributed by atoms with Crippen LogP contribution in [-0.4, -0.2) is 4.43 Å². The van der Waals surface area contributed by atoms with E-state index in [1.807, 2.05) is 0 Å². The van der Waals surface area contributed by atoms with Gasteiger partial charge in [-0.1, -0.05) is 78.1 Å². The van der Waals surface area contributed by atoms with Crippen molar-refractivity contribution in [2.75, 3.05) is 4.43 Å². The number of rotatable bonds is 1. The highest BCUT2D eigenvalue weighted by atomic mass is 127. The van der Waals surface area contributed by atoms with Crippen molar-refractivity contribution in [3.63, 3.8) is 0 Å². The van der Waals surface area contributed by atoms with Gasteiger partial charge >= 0.3 is 0 Å². The van der Waals surface area contributed by atoms with Crippen molar-refractivity contribution in [1.29, 1.82) is 0 Å². The number of halogens is 1. The standard InChI is InChI=1S/C13H13I/c1-13(10-14)8-4-7-11-5-2-3-6-12(11)9-13/h2-9H,10H2,1H3/t13-/m0/s1. The fraction of sp³-hybridized carbons (Fsp3) is 0.231. The first-order chi connectivity index (χ1) is 6.73. The molecule has 0 bridgehead atoms. The van der Waals surface area contributed by atoms with Crippen LogP contribution in [0.5, 0.6) is 0 Å². The van der Waals surface area contributed by atoms with E-state index in [-0.39, 0.29) is 5.41 Å². The van der Waals surface area contributed by atoms with Crippen LogP contribution in [0, 0.1) is 5.41 Å². The van der Waals surface area contributed by atoms with Gasteiger partial charge in [0, 0.05) is 9.84 Å². The Morgan fingerprint density at radius 3 is 2.64 bits per heavy atom. The zero-order chi connectivity index (χ0) is 10.0. The van der Waals surface area contributed by atoms with Crippen LogP contribution in [0.15, 0.2) is 36.4 Å². The summed E-state index contributed by atoms with van der Waals surface area (Å²) in [4.78, 5) is 0. The fourth-order valence-electron chi connectivity index (χ4n) is 1.65. The highest BCUT2D eigenvalue weighted by Gasteiger charge is 2.15. The first-order valence-electron chi connectivity index (χ1n) is 4.77. The Kier molecular flexibility index (Phi) is 2.77. The molecule has 0 saturated carbocycles. The van der Waals surface area contributed by atoms with Crippen LogP contribution < -0.4 is 10.4 Å². The van der Waals surface area contributed by atoms with E-state index in [0.29, 0.717) is 0 Å². The van der Waals surface area contributed by atoms with E-state index in [1.165, 1.54) is 10.4 Å². The maximum Gasteiger partial charge on any atom is 0.0134 e. The highest BCUT2D eigenvalue weighted by molar-refractivity contribution is 14.1. The van der Waals surface area contributed by atoms with Gasteiger partial charge in [-0.2, -0.15) is 0 Å². The summed E-state index contributed by atoms with van der Waals surface area (Å²) < 4.78 is 1.11. The molecule has 14 heavy (non-hydrogen) atoms. The lowest BCUT2D eigenvalue weighted by Gasteiger charge is -2.17. The Morgan fingerprint density at radius 2 is 1.93 bits per heavy atom. The number of fused-ring (bicyclic) bond motifs is 1. The summed E-state index contributed by atoms with van der Waals surface area (Å²) in [5.74, 6) is 0. The van der Waals surface area contributed by atoms with E-state index in [4.69, 9.17) is 0 Å². The molecule has 0 aromatic heterocycles. The number of hydrogen-bond acceptors (Lipinski definition) is 0. The molecular formula is C13H13I. The Hall–Kier alpha value is -0.570. The molecule has 0 N–H and O–H groups in total. The summed E-state index contributed by atoms with van der Waals surface area (Å²) in [6, 6.07) is 8.53. The van der Waals surface area contributed by atoms with Gasteiger partial charge in [-0.3, -0.25) is 0 Å². The first-order valence-corrected chi connectivity index (χ1v) is 6.30. The molecule has 0 heterocycles. The summed E-state index contributed by atoms with van der Waals surface area (Å²) in [5.41, 5.74) is 0.198. The minimum absolute atomic E-state index is 0.198. The van der Waals surface area contributed by atoms with Crippen molar-refractivity contribution >= 4 is 34.7 Å². The minimum atomic E-state index is 0.198. The van der Waals surface area contributed by atoms with Crippen LogP contribution in [0.2, 0.25) is 0 Å². The number of benzene rings is 1. The Labute approximate surface area is 98.2 Å². The Morgan fingerprint density at radius 1 is 1.21 bits per heavy atom. The predicted octanol–water partition coefficient (Wildman–Crippen LogP) is 2.26. The molecule has 72 valence electrons. The Balaban J connectivity index is 2.69. The van der Waals surface area contributed by atoms with Crippen molar-refractivity contribution in [2.24, 2.45) is 5.41 Å². The lowest BCUT2D eigenvalue weighted by Crippen LogP contribution is -2.26. The summed E-state index contributed by atoms with van der Waals surface area (Å²) in [5, 5.41) is 2.66. The van der Waals surface area contributed by atoms with Crippen molar-refractivity contribution < 1.29 is 0 Å². The second-order valence-electron chi connectivity index (χ2n) is 3.94. The molecule has 1 atom stereocenters. The monoisotopic (exact) mass is 296 g/mol. The third-order valence-corrected chi connectivity index (χ3v) is 4.17. The number of allylic oxidation sites excluding steroid dienone is 2. The van der Waals surface area contributed by atoms with Gasteiger partial charge in [-0.25, -0.2) is 0 Å². The van der Waals surface area contributed by atoms with Crippen LogP contribution >= 0.6 is 22.6 Å². The largest absolute Gasteiger partial charge is 0.0851 e. The SMILES string of the molecule is C[C@]1(CI)C=CC=c2ccccc2=C1. The van der Waals surface area contributed by atoms with Crippen molar-refractivity contribution in [1.82, 2.24) is 0 Å². The van der Waals surface area contributed by atoms with E-state index < -0.39 is 0 Å². The maximum atomic E-state index is 2.44. The van der Waals surface area contributed by atoms with Gasteiger partial charge in [0.05, 0.1) is 0 Å². The summed E-state index contributed by atoms with van der Waals surface area (Å²) in [6.07, 6.45) is 8.98. The highest BCUT2D eigenvalue weighted by Crippen LogP contribution is 2.23. The number of hydrogen-bond donors (Lipinski definition) is 0. The van der Waals surface area contributed by atoms with Gasteiger partial charge in [-0.15, -0.1) is 0 Å². The zero-order valence-electron chi connectivity index (χ0n) is 8.20. The molecule has 0 radical (unpaired) electrons. The Bertz CT molecular complexity index is 470. The lowest BCUT2D eigenvalue weighted by molar-refractivity contribution is 0.697. The average Bonchev–Trinajstić information content (AvgIpc) is 2.37. The normalized spacial score (nSPS) is 24.4. The van der Waals surface area contributed by atoms with E-state index >= 15 is 0 Å². The summed E-state index contributed by atoms with van der Waals surface area (Å²) >= 11 is 2.44. The van der Waals surface area contributed by atoms with E-state index in [9.17, 15) is 0 Å². The summed E-state index contributed by atoms with van der Waals surface area (Å²) in [7, 11) is 0. The molecule has 1 aromatic rings. The molecule has 0 fully saturated rings. The van der Waals surface area contributed by atoms with E-state index in [2.05, 4.69) is 78.1 Å². The lowest BCUT2D eigenvalue weighted by atomic mass is 9.92. The second kappa shape index (κ2) is 3.89. The van der Waals surface area contributed by atoms with Crippen molar-refractivity contribution in [2.45, 2.75) is 6.92 Å². The molecule has 0 nitrogen and oxygen atoms in total. The molecule has 0 amide bonds. The minimum Gasteiger partial charge on any atom is -0.0851 e. The third-order valence-electron chi connectivity index (χ3n) is 2.52. The van der Waals surface area contributed by atoms with E-state index in [0.717, 1.165) is 4.43 Å². The second-order valence-corrected chi connectivity index (χ2v) is 4.70. The summed E-state index contributed by atoms with van der Waals surface area (Å²) in [6.45, 7) is 2.27. The van der Waals surface area contributed by atoms with Crippen LogP contribution in [0.1, 0.15) is 6.92 Å². The molecule has 1 heteroatoms. The van der Waals surface area contributed by atoms with E-state index in [1.54, 1.807) is 0 Å². The van der Waals surface area contributed by atoms with Crippen LogP contribution in [0.4, 0.5) is 0 Å². The number of alkyl halides is 1. The van der Waals surface area contributed by atoms with Crippen LogP contribution in [0.25, 0.3) is 12.2 Å². The van der Waals surface area contributed by atoms with Gasteiger partial charge in [0.1, 0.15) is 0 Å². The molecule has 0 saturated heterocycles. The zero-order valence-corrected chi connectivity index (χ0v) is 10.4. The molecule has 0 aliphatic heterocycles. The first kappa shape index (κ1) is 9.97. The van der Waals surface area contributed by atoms with Gasteiger partial charge in [0.15, 0.2) is 0 Å². The molecule has 0 unspecified atom stereocenters. The van der Waals surface area contributed by atoms with Gasteiger partial charge < -0.3 is 0 Å². The molecule has 1 aliphatic rings. The molecule has 2 rings (SSSR count). The topological polar surface area (TPSA) is 0 Å². The average molecular weight is 296 g/mol. The smallest absolute Gasteiger partial charge is 0.0134 e. The molecule has 1 aliphatic carbocycles. The predicted molar refractivity (Wildman–Crippen MR) is 70.8 cm³/mol. The van der Waals surface area contributed by atoms with Crippen molar-refractivity contribution in [3.05, 3.63) is 46.9 Å². The van der Waals surface area contributed by atoms with Gasteiger partial charge in [0.25, 0.3) is 0 Å². The van der Waals surface area contributed by atoms with Crippen molar-refractivity contribution in [3.8, 4) is 0 Å². The molecule has 0 spiro atoms. The fourth-order valence-corrected chi connectivity index (χ4v) is 2.13. The quantitative estimate of drug-likeness (QED) is 0.551. The third kappa shape index (κ3) is 1.92. The van der Waals surface area contributed by atoms with Crippen LogP contribution in [-0.2, 0) is 0 Å². The van der Waals surface area contributed by atoms with Crippen LogP contribution in [0.3, 0.4) is 0 Å². The maximum absolute atomic E-state index is 2.44. The molecular weight excluding hydrogens is 283 g/mol. The molecule has 1 aromatic carbocycles.